The first-order valence-electron chi connectivity index (χ1n) is 13.1. The van der Waals surface area contributed by atoms with Crippen LogP contribution in [0.2, 0.25) is 0 Å². The molecule has 0 aliphatic carbocycles. The van der Waals surface area contributed by atoms with Crippen molar-refractivity contribution in [1.82, 2.24) is 24.5 Å². The van der Waals surface area contributed by atoms with Gasteiger partial charge in [-0.15, -0.1) is 0 Å². The molecule has 0 atom stereocenters. The number of rotatable bonds is 9. The molecule has 1 saturated heterocycles. The molecule has 1 aromatic carbocycles. The van der Waals surface area contributed by atoms with Gasteiger partial charge in [-0.25, -0.2) is 4.79 Å². The second-order valence-electron chi connectivity index (χ2n) is 10.8. The highest BCUT2D eigenvalue weighted by molar-refractivity contribution is 5.88. The smallest absolute Gasteiger partial charge is 0.412 e. The number of nitrogens with zero attached hydrogens (tertiary/aromatic N) is 6. The fraction of sp³-hybridized carbons (Fsp3) is 0.556. The number of fused-ring (bicyclic) bond motifs is 1. The number of nitrogens with one attached hydrogen (secondary N) is 1. The van der Waals surface area contributed by atoms with Crippen LogP contribution in [0.4, 0.5) is 16.4 Å². The maximum absolute atomic E-state index is 12.1. The first kappa shape index (κ1) is 26.7. The molecule has 3 aromatic rings. The minimum absolute atomic E-state index is 0.234. The highest BCUT2D eigenvalue weighted by Crippen LogP contribution is 2.29. The van der Waals surface area contributed by atoms with Crippen LogP contribution in [0.25, 0.3) is 5.65 Å². The van der Waals surface area contributed by atoms with Gasteiger partial charge in [-0.05, 0) is 64.3 Å². The number of hydrogen-bond donors (Lipinski definition) is 2. The van der Waals surface area contributed by atoms with E-state index in [-0.39, 0.29) is 5.92 Å². The molecule has 0 spiro atoms. The minimum Gasteiger partial charge on any atom is -0.465 e. The molecule has 1 aliphatic rings. The van der Waals surface area contributed by atoms with E-state index in [1.807, 2.05) is 51.2 Å². The molecule has 1 fully saturated rings. The molecule has 3 heterocycles. The van der Waals surface area contributed by atoms with Gasteiger partial charge < -0.3 is 15.2 Å². The Bertz CT molecular complexity index is 1210. The summed E-state index contributed by atoms with van der Waals surface area (Å²) in [6.45, 7) is 13.8. The summed E-state index contributed by atoms with van der Waals surface area (Å²) in [7, 11) is 0. The van der Waals surface area contributed by atoms with Gasteiger partial charge in [0.15, 0.2) is 5.65 Å². The average molecular weight is 510 g/mol. The van der Waals surface area contributed by atoms with Crippen molar-refractivity contribution in [3.05, 3.63) is 41.6 Å². The van der Waals surface area contributed by atoms with Crippen LogP contribution < -0.4 is 15.0 Å². The molecule has 200 valence electrons. The first-order valence-corrected chi connectivity index (χ1v) is 13.1. The Hall–Kier alpha value is -3.40. The normalized spacial score (nSPS) is 14.8. The number of hydrogen-bond acceptors (Lipinski definition) is 7. The number of likely N-dealkylation sites (tertiary alicyclic amines) is 1. The lowest BCUT2D eigenvalue weighted by Crippen LogP contribution is -2.45. The first-order chi connectivity index (χ1) is 17.6. The van der Waals surface area contributed by atoms with Gasteiger partial charge in [-0.2, -0.15) is 19.6 Å². The quantitative estimate of drug-likeness (QED) is 0.415. The number of carboxylic acid groups (broad SMARTS) is 1. The Morgan fingerprint density at radius 3 is 2.57 bits per heavy atom. The summed E-state index contributed by atoms with van der Waals surface area (Å²) in [5.41, 5.74) is 2.57. The lowest BCUT2D eigenvalue weighted by atomic mass is 10.0. The highest BCUT2D eigenvalue weighted by Gasteiger charge is 2.29. The van der Waals surface area contributed by atoms with E-state index in [1.165, 1.54) is 24.2 Å². The van der Waals surface area contributed by atoms with Crippen molar-refractivity contribution in [3.8, 4) is 6.01 Å². The second-order valence-corrected chi connectivity index (χ2v) is 10.8. The van der Waals surface area contributed by atoms with Gasteiger partial charge in [0.25, 0.3) is 0 Å². The number of piperidine rings is 1. The average Bonchev–Trinajstić information content (AvgIpc) is 3.27. The number of ether oxygens (including phenoxy) is 1. The van der Waals surface area contributed by atoms with E-state index in [9.17, 15) is 9.90 Å². The molecule has 4 rings (SSSR count). The molecule has 1 aliphatic heterocycles. The zero-order valence-electron chi connectivity index (χ0n) is 22.6. The van der Waals surface area contributed by atoms with E-state index in [4.69, 9.17) is 4.74 Å². The predicted molar refractivity (Wildman–Crippen MR) is 145 cm³/mol. The van der Waals surface area contributed by atoms with E-state index >= 15 is 0 Å². The molecule has 37 heavy (non-hydrogen) atoms. The third-order valence-corrected chi connectivity index (χ3v) is 6.62. The maximum atomic E-state index is 12.1. The number of carbonyl (C=O) groups is 1. The fourth-order valence-corrected chi connectivity index (χ4v) is 4.71. The van der Waals surface area contributed by atoms with Crippen molar-refractivity contribution in [2.75, 3.05) is 36.5 Å². The summed E-state index contributed by atoms with van der Waals surface area (Å²) in [4.78, 5) is 25.2. The van der Waals surface area contributed by atoms with Gasteiger partial charge in [0.1, 0.15) is 6.61 Å². The molecule has 0 saturated carbocycles. The van der Waals surface area contributed by atoms with E-state index in [2.05, 4.69) is 39.1 Å². The monoisotopic (exact) mass is 509 g/mol. The van der Waals surface area contributed by atoms with Crippen LogP contribution in [-0.2, 0) is 6.54 Å². The van der Waals surface area contributed by atoms with E-state index in [0.717, 1.165) is 30.8 Å². The standard InChI is InChI=1S/C27H39N7O3/c1-19(2)21-18-29-34-23(21)30-25(37-16-15-32-13-9-6-10-14-32)31-24(34)28-17-20-11-7-8-12-22(20)33(26(35)36)27(3,4)5/h7-8,11-12,18-19H,6,9-10,13-17H2,1-5H3,(H,35,36)(H,28,30,31). The summed E-state index contributed by atoms with van der Waals surface area (Å²) in [5.74, 6) is 0.732. The van der Waals surface area contributed by atoms with Crippen LogP contribution in [-0.4, -0.2) is 67.5 Å². The molecular formula is C27H39N7O3. The van der Waals surface area contributed by atoms with E-state index < -0.39 is 11.6 Å². The van der Waals surface area contributed by atoms with E-state index in [0.29, 0.717) is 36.4 Å². The largest absolute Gasteiger partial charge is 0.465 e. The minimum atomic E-state index is -0.998. The van der Waals surface area contributed by atoms with Crippen LogP contribution in [0.1, 0.15) is 70.9 Å². The van der Waals surface area contributed by atoms with Gasteiger partial charge in [-0.1, -0.05) is 38.5 Å². The summed E-state index contributed by atoms with van der Waals surface area (Å²) < 4.78 is 7.71. The van der Waals surface area contributed by atoms with Gasteiger partial charge >= 0.3 is 12.1 Å². The number of anilines is 2. The highest BCUT2D eigenvalue weighted by atomic mass is 16.5. The summed E-state index contributed by atoms with van der Waals surface area (Å²) in [6, 6.07) is 7.80. The zero-order chi connectivity index (χ0) is 26.6. The van der Waals surface area contributed by atoms with Gasteiger partial charge in [0.2, 0.25) is 5.95 Å². The Kier molecular flexibility index (Phi) is 8.16. The summed E-state index contributed by atoms with van der Waals surface area (Å²) in [6.07, 6.45) is 4.59. The van der Waals surface area contributed by atoms with Crippen LogP contribution >= 0.6 is 0 Å². The lowest BCUT2D eigenvalue weighted by Gasteiger charge is -2.34. The maximum Gasteiger partial charge on any atom is 0.412 e. The van der Waals surface area contributed by atoms with Crippen molar-refractivity contribution in [2.24, 2.45) is 0 Å². The lowest BCUT2D eigenvalue weighted by molar-refractivity contribution is 0.177. The number of aromatic nitrogens is 4. The predicted octanol–water partition coefficient (Wildman–Crippen LogP) is 5.01. The molecular weight excluding hydrogens is 470 g/mol. The van der Waals surface area contributed by atoms with Crippen molar-refractivity contribution in [1.29, 1.82) is 0 Å². The number of benzene rings is 1. The summed E-state index contributed by atoms with van der Waals surface area (Å²) in [5, 5.41) is 17.8. The van der Waals surface area contributed by atoms with E-state index in [1.54, 1.807) is 4.52 Å². The van der Waals surface area contributed by atoms with Crippen LogP contribution in [0, 0.1) is 0 Å². The molecule has 0 bridgehead atoms. The van der Waals surface area contributed by atoms with Crippen molar-refractivity contribution < 1.29 is 14.6 Å². The van der Waals surface area contributed by atoms with Gasteiger partial charge in [-0.3, -0.25) is 9.80 Å². The Morgan fingerprint density at radius 2 is 1.89 bits per heavy atom. The molecule has 10 heteroatoms. The second kappa shape index (κ2) is 11.3. The van der Waals surface area contributed by atoms with Crippen LogP contribution in [0.3, 0.4) is 0 Å². The Labute approximate surface area is 218 Å². The van der Waals surface area contributed by atoms with Gasteiger partial charge in [0, 0.05) is 24.2 Å². The third-order valence-electron chi connectivity index (χ3n) is 6.62. The molecule has 0 unspecified atom stereocenters. The molecule has 2 N–H and O–H groups in total. The molecule has 10 nitrogen and oxygen atoms in total. The van der Waals surface area contributed by atoms with Crippen molar-refractivity contribution in [3.63, 3.8) is 0 Å². The number of amides is 1. The van der Waals surface area contributed by atoms with Crippen LogP contribution in [0.15, 0.2) is 30.5 Å². The molecule has 1 amide bonds. The topological polar surface area (TPSA) is 108 Å². The van der Waals surface area contributed by atoms with Crippen molar-refractivity contribution >= 4 is 23.4 Å². The third kappa shape index (κ3) is 6.30. The SMILES string of the molecule is CC(C)c1cnn2c(NCc3ccccc3N(C(=O)O)C(C)(C)C)nc(OCCN3CCCCC3)nc12. The zero-order valence-corrected chi connectivity index (χ0v) is 22.6. The number of para-hydroxylation sites is 1. The fourth-order valence-electron chi connectivity index (χ4n) is 4.71. The Balaban J connectivity index is 1.59. The molecule has 2 aromatic heterocycles. The summed E-state index contributed by atoms with van der Waals surface area (Å²) >= 11 is 0. The molecule has 0 radical (unpaired) electrons. The van der Waals surface area contributed by atoms with Gasteiger partial charge in [0.05, 0.1) is 11.9 Å². The Morgan fingerprint density at radius 1 is 1.16 bits per heavy atom. The van der Waals surface area contributed by atoms with Crippen molar-refractivity contribution in [2.45, 2.75) is 71.9 Å². The van der Waals surface area contributed by atoms with Crippen LogP contribution in [0.5, 0.6) is 6.01 Å².